The third kappa shape index (κ3) is 4.32. The van der Waals surface area contributed by atoms with E-state index in [4.69, 9.17) is 13.6 Å². The number of fused-ring (bicyclic) bond motifs is 1. The monoisotopic (exact) mass is 412 g/mol. The molecule has 0 unspecified atom stereocenters. The maximum Gasteiger partial charge on any atom is 0.336 e. The van der Waals surface area contributed by atoms with Crippen molar-refractivity contribution in [3.05, 3.63) is 81.3 Å². The van der Waals surface area contributed by atoms with E-state index < -0.39 is 0 Å². The largest absolute Gasteiger partial charge is 0.484 e. The second-order valence-corrected chi connectivity index (χ2v) is 7.39. The molecule has 0 aliphatic rings. The highest BCUT2D eigenvalue weighted by Crippen LogP contribution is 2.28. The molecule has 2 heterocycles. The first kappa shape index (κ1) is 19.2. The van der Waals surface area contributed by atoms with E-state index in [-0.39, 0.29) is 18.0 Å². The molecule has 6 nitrogen and oxygen atoms in total. The van der Waals surface area contributed by atoms with E-state index in [1.165, 1.54) is 42.1 Å². The molecule has 0 aliphatic heterocycles. The summed E-state index contributed by atoms with van der Waals surface area (Å²) in [6.07, 6.45) is 0. The third-order valence-electron chi connectivity index (χ3n) is 4.49. The van der Waals surface area contributed by atoms with Crippen LogP contribution in [0.25, 0.3) is 11.0 Å². The molecule has 0 N–H and O–H groups in total. The predicted molar refractivity (Wildman–Crippen MR) is 107 cm³/mol. The number of hydrogen-bond acceptors (Lipinski definition) is 7. The highest BCUT2D eigenvalue weighted by Gasteiger charge is 2.12. The minimum Gasteiger partial charge on any atom is -0.484 e. The summed E-state index contributed by atoms with van der Waals surface area (Å²) in [5.41, 5.74) is 3.07. The molecule has 0 amide bonds. The van der Waals surface area contributed by atoms with Gasteiger partial charge in [-0.2, -0.15) is 0 Å². The van der Waals surface area contributed by atoms with Crippen LogP contribution >= 0.6 is 11.8 Å². The van der Waals surface area contributed by atoms with Crippen LogP contribution in [-0.4, -0.2) is 10.2 Å². The molecule has 4 rings (SSSR count). The number of aryl methyl sites for hydroxylation is 2. The summed E-state index contributed by atoms with van der Waals surface area (Å²) in [5.74, 6) is 0.958. The lowest BCUT2D eigenvalue weighted by Crippen LogP contribution is -2.01. The molecule has 2 aromatic heterocycles. The van der Waals surface area contributed by atoms with Gasteiger partial charge in [0.05, 0.1) is 0 Å². The lowest BCUT2D eigenvalue weighted by atomic mass is 10.0. The van der Waals surface area contributed by atoms with Crippen molar-refractivity contribution >= 4 is 22.7 Å². The maximum absolute atomic E-state index is 12.9. The van der Waals surface area contributed by atoms with E-state index in [1.807, 2.05) is 26.0 Å². The molecule has 8 heteroatoms. The lowest BCUT2D eigenvalue weighted by Gasteiger charge is -2.07. The van der Waals surface area contributed by atoms with Crippen LogP contribution < -0.4 is 10.4 Å². The van der Waals surface area contributed by atoms with Crippen molar-refractivity contribution in [2.75, 3.05) is 0 Å². The molecule has 2 aromatic carbocycles. The number of thioether (sulfide) groups is 1. The first-order valence-corrected chi connectivity index (χ1v) is 9.84. The zero-order chi connectivity index (χ0) is 20.4. The van der Waals surface area contributed by atoms with Gasteiger partial charge < -0.3 is 13.6 Å². The van der Waals surface area contributed by atoms with Crippen LogP contribution in [0.4, 0.5) is 4.39 Å². The molecule has 0 saturated carbocycles. The second kappa shape index (κ2) is 8.08. The Morgan fingerprint density at radius 2 is 1.86 bits per heavy atom. The fourth-order valence-electron chi connectivity index (χ4n) is 2.81. The van der Waals surface area contributed by atoms with Crippen LogP contribution in [-0.2, 0) is 12.4 Å². The number of nitrogens with zero attached hydrogens (tertiary/aromatic N) is 2. The van der Waals surface area contributed by atoms with Gasteiger partial charge in [-0.1, -0.05) is 23.9 Å². The second-order valence-electron chi connectivity index (χ2n) is 6.47. The molecule has 0 bridgehead atoms. The number of benzene rings is 2. The summed E-state index contributed by atoms with van der Waals surface area (Å²) in [7, 11) is 0. The van der Waals surface area contributed by atoms with Gasteiger partial charge in [-0.25, -0.2) is 9.18 Å². The van der Waals surface area contributed by atoms with Gasteiger partial charge in [0, 0.05) is 17.2 Å². The van der Waals surface area contributed by atoms with Gasteiger partial charge in [0.15, 0.2) is 6.61 Å². The topological polar surface area (TPSA) is 78.4 Å². The van der Waals surface area contributed by atoms with Crippen LogP contribution in [0.15, 0.2) is 61.3 Å². The van der Waals surface area contributed by atoms with Crippen molar-refractivity contribution in [3.8, 4) is 5.75 Å². The van der Waals surface area contributed by atoms with E-state index >= 15 is 0 Å². The average Bonchev–Trinajstić information content (AvgIpc) is 3.17. The van der Waals surface area contributed by atoms with Gasteiger partial charge in [-0.05, 0) is 54.8 Å². The van der Waals surface area contributed by atoms with Crippen LogP contribution in [0.2, 0.25) is 0 Å². The number of aromatic nitrogens is 2. The van der Waals surface area contributed by atoms with Crippen molar-refractivity contribution in [1.29, 1.82) is 0 Å². The van der Waals surface area contributed by atoms with Crippen molar-refractivity contribution in [1.82, 2.24) is 10.2 Å². The summed E-state index contributed by atoms with van der Waals surface area (Å²) in [4.78, 5) is 12.0. The van der Waals surface area contributed by atoms with Gasteiger partial charge in [0.2, 0.25) is 0 Å². The van der Waals surface area contributed by atoms with E-state index in [0.717, 1.165) is 22.1 Å². The Hall–Kier alpha value is -3.13. The molecular weight excluding hydrogens is 395 g/mol. The summed E-state index contributed by atoms with van der Waals surface area (Å²) in [6, 6.07) is 11.1. The van der Waals surface area contributed by atoms with Crippen molar-refractivity contribution < 1.29 is 18.0 Å². The van der Waals surface area contributed by atoms with Crippen molar-refractivity contribution in [3.63, 3.8) is 0 Å². The van der Waals surface area contributed by atoms with E-state index in [9.17, 15) is 9.18 Å². The normalized spacial score (nSPS) is 11.1. The minimum absolute atomic E-state index is 0.0789. The number of halogens is 1. The molecule has 0 saturated heterocycles. The zero-order valence-corrected chi connectivity index (χ0v) is 16.6. The number of hydrogen-bond donors (Lipinski definition) is 0. The molecule has 0 aliphatic carbocycles. The predicted octanol–water partition coefficient (Wildman–Crippen LogP) is 4.80. The van der Waals surface area contributed by atoms with Gasteiger partial charge in [-0.15, -0.1) is 10.2 Å². The molecule has 0 radical (unpaired) electrons. The summed E-state index contributed by atoms with van der Waals surface area (Å²) in [6.45, 7) is 3.99. The van der Waals surface area contributed by atoms with E-state index in [0.29, 0.717) is 28.2 Å². The smallest absolute Gasteiger partial charge is 0.336 e. The SMILES string of the molecule is Cc1ccc2c(CSc3nnc(COc4ccc(F)cc4)o3)cc(=O)oc2c1C. The molecule has 0 spiro atoms. The number of rotatable bonds is 6. The Kier molecular flexibility index (Phi) is 5.35. The number of ether oxygens (including phenoxy) is 1. The van der Waals surface area contributed by atoms with Gasteiger partial charge in [-0.3, -0.25) is 0 Å². The van der Waals surface area contributed by atoms with Crippen LogP contribution in [0.5, 0.6) is 5.75 Å². The Morgan fingerprint density at radius 1 is 1.07 bits per heavy atom. The van der Waals surface area contributed by atoms with Crippen LogP contribution in [0, 0.1) is 19.7 Å². The summed E-state index contributed by atoms with van der Waals surface area (Å²) >= 11 is 1.33. The maximum atomic E-state index is 12.9. The van der Waals surface area contributed by atoms with Gasteiger partial charge in [0.25, 0.3) is 11.1 Å². The Labute approximate surface area is 169 Å². The average molecular weight is 412 g/mol. The Morgan fingerprint density at radius 3 is 2.66 bits per heavy atom. The summed E-state index contributed by atoms with van der Waals surface area (Å²) in [5, 5.41) is 9.20. The lowest BCUT2D eigenvalue weighted by molar-refractivity contribution is 0.252. The van der Waals surface area contributed by atoms with Gasteiger partial charge in [0.1, 0.15) is 17.1 Å². The highest BCUT2D eigenvalue weighted by atomic mass is 32.2. The molecule has 148 valence electrons. The fraction of sp³-hybridized carbons (Fsp3) is 0.190. The fourth-order valence-corrected chi connectivity index (χ4v) is 3.59. The molecule has 0 atom stereocenters. The quantitative estimate of drug-likeness (QED) is 0.332. The van der Waals surface area contributed by atoms with Crippen LogP contribution in [0.3, 0.4) is 0 Å². The Bertz CT molecular complexity index is 1220. The molecular formula is C21H17FN2O4S. The highest BCUT2D eigenvalue weighted by molar-refractivity contribution is 7.98. The molecule has 29 heavy (non-hydrogen) atoms. The molecule has 4 aromatic rings. The standard InChI is InChI=1S/C21H17FN2O4S/c1-12-3-8-17-14(9-19(25)28-20(17)13(12)2)11-29-21-24-23-18(27-21)10-26-16-6-4-15(22)5-7-16/h3-9H,10-11H2,1-2H3. The van der Waals surface area contributed by atoms with Crippen molar-refractivity contribution in [2.24, 2.45) is 0 Å². The van der Waals surface area contributed by atoms with E-state index in [1.54, 1.807) is 0 Å². The first-order valence-electron chi connectivity index (χ1n) is 8.86. The minimum atomic E-state index is -0.388. The summed E-state index contributed by atoms with van der Waals surface area (Å²) < 4.78 is 29.4. The molecule has 0 fully saturated rings. The zero-order valence-electron chi connectivity index (χ0n) is 15.8. The van der Waals surface area contributed by atoms with E-state index in [2.05, 4.69) is 10.2 Å². The Balaban J connectivity index is 1.45. The van der Waals surface area contributed by atoms with Crippen molar-refractivity contribution in [2.45, 2.75) is 31.4 Å². The first-order chi connectivity index (χ1) is 14.0. The van der Waals surface area contributed by atoms with Gasteiger partial charge >= 0.3 is 5.63 Å². The third-order valence-corrected chi connectivity index (χ3v) is 5.36. The van der Waals surface area contributed by atoms with Crippen LogP contribution in [0.1, 0.15) is 22.6 Å².